The van der Waals surface area contributed by atoms with Crippen LogP contribution in [-0.4, -0.2) is 22.8 Å². The Morgan fingerprint density at radius 3 is 2.35 bits per heavy atom. The number of carboxylic acid groups (broad SMARTS) is 1. The summed E-state index contributed by atoms with van der Waals surface area (Å²) in [6.45, 7) is 2.61. The highest BCUT2D eigenvalue weighted by Gasteiger charge is 2.12. The van der Waals surface area contributed by atoms with Gasteiger partial charge >= 0.3 is 5.97 Å². The zero-order valence-electron chi connectivity index (χ0n) is 13.3. The van der Waals surface area contributed by atoms with Crippen LogP contribution < -0.4 is 4.74 Å². The van der Waals surface area contributed by atoms with Crippen LogP contribution in [0.15, 0.2) is 42.5 Å². The van der Waals surface area contributed by atoms with E-state index >= 15 is 0 Å². The van der Waals surface area contributed by atoms with E-state index in [0.29, 0.717) is 18.6 Å². The second-order valence-corrected chi connectivity index (χ2v) is 5.37. The first kappa shape index (κ1) is 16.9. The summed E-state index contributed by atoms with van der Waals surface area (Å²) in [5, 5.41) is 19.0. The molecule has 4 heteroatoms. The highest BCUT2D eigenvalue weighted by molar-refractivity contribution is 5.91. The molecular formula is C19H22O4. The lowest BCUT2D eigenvalue weighted by Gasteiger charge is -2.10. The SMILES string of the molecule is CCOc1ccccc1CCCCc1cccc(C(=O)O)c1O. The Balaban J connectivity index is 1.91. The monoisotopic (exact) mass is 314 g/mol. The molecule has 0 saturated carbocycles. The minimum Gasteiger partial charge on any atom is -0.507 e. The van der Waals surface area contributed by atoms with Crippen LogP contribution in [0.3, 0.4) is 0 Å². The Kier molecular flexibility index (Phi) is 6.03. The number of unbranched alkanes of at least 4 members (excludes halogenated alkanes) is 1. The number of carboxylic acids is 1. The fourth-order valence-corrected chi connectivity index (χ4v) is 2.60. The summed E-state index contributed by atoms with van der Waals surface area (Å²) >= 11 is 0. The van der Waals surface area contributed by atoms with Gasteiger partial charge in [0.2, 0.25) is 0 Å². The van der Waals surface area contributed by atoms with E-state index in [4.69, 9.17) is 9.84 Å². The quantitative estimate of drug-likeness (QED) is 0.721. The molecule has 0 aromatic heterocycles. The van der Waals surface area contributed by atoms with Crippen molar-refractivity contribution in [1.82, 2.24) is 0 Å². The maximum Gasteiger partial charge on any atom is 0.339 e. The zero-order chi connectivity index (χ0) is 16.7. The van der Waals surface area contributed by atoms with Gasteiger partial charge in [-0.2, -0.15) is 0 Å². The van der Waals surface area contributed by atoms with Crippen molar-refractivity contribution in [2.75, 3.05) is 6.61 Å². The molecule has 4 nitrogen and oxygen atoms in total. The molecule has 0 saturated heterocycles. The maximum atomic E-state index is 11.0. The van der Waals surface area contributed by atoms with Gasteiger partial charge in [0.15, 0.2) is 0 Å². The highest BCUT2D eigenvalue weighted by Crippen LogP contribution is 2.25. The first-order valence-corrected chi connectivity index (χ1v) is 7.88. The fourth-order valence-electron chi connectivity index (χ4n) is 2.60. The summed E-state index contributed by atoms with van der Waals surface area (Å²) in [5.74, 6) is -0.296. The van der Waals surface area contributed by atoms with Crippen molar-refractivity contribution in [3.63, 3.8) is 0 Å². The van der Waals surface area contributed by atoms with Crippen LogP contribution in [-0.2, 0) is 12.8 Å². The van der Waals surface area contributed by atoms with E-state index in [1.165, 1.54) is 11.6 Å². The third-order valence-corrected chi connectivity index (χ3v) is 3.76. The lowest BCUT2D eigenvalue weighted by atomic mass is 10.0. The number of para-hydroxylation sites is 2. The van der Waals surface area contributed by atoms with Gasteiger partial charge in [-0.05, 0) is 55.9 Å². The van der Waals surface area contributed by atoms with Crippen LogP contribution in [0.2, 0.25) is 0 Å². The van der Waals surface area contributed by atoms with E-state index in [1.54, 1.807) is 12.1 Å². The standard InChI is InChI=1S/C19H22O4/c1-2-23-17-13-6-5-9-14(17)8-3-4-10-15-11-7-12-16(18(15)20)19(21)22/h5-7,9,11-13,20H,2-4,8,10H2,1H3,(H,21,22). The first-order valence-electron chi connectivity index (χ1n) is 7.88. The summed E-state index contributed by atoms with van der Waals surface area (Å²) in [5.41, 5.74) is 1.82. The van der Waals surface area contributed by atoms with Crippen molar-refractivity contribution in [1.29, 1.82) is 0 Å². The van der Waals surface area contributed by atoms with Gasteiger partial charge < -0.3 is 14.9 Å². The van der Waals surface area contributed by atoms with E-state index in [2.05, 4.69) is 6.07 Å². The number of carbonyl (C=O) groups is 1. The number of aromatic carboxylic acids is 1. The average Bonchev–Trinajstić information content (AvgIpc) is 2.54. The normalized spacial score (nSPS) is 10.5. The molecule has 0 aliphatic heterocycles. The van der Waals surface area contributed by atoms with Gasteiger partial charge in [0.25, 0.3) is 0 Å². The van der Waals surface area contributed by atoms with E-state index in [0.717, 1.165) is 25.0 Å². The number of hydrogen-bond acceptors (Lipinski definition) is 3. The van der Waals surface area contributed by atoms with Gasteiger partial charge in [-0.1, -0.05) is 30.3 Å². The predicted octanol–water partition coefficient (Wildman–Crippen LogP) is 4.05. The number of aryl methyl sites for hydroxylation is 2. The minimum atomic E-state index is -1.10. The lowest BCUT2D eigenvalue weighted by molar-refractivity contribution is 0.0693. The fraction of sp³-hybridized carbons (Fsp3) is 0.316. The summed E-state index contributed by atoms with van der Waals surface area (Å²) in [7, 11) is 0. The maximum absolute atomic E-state index is 11.0. The third kappa shape index (κ3) is 4.49. The van der Waals surface area contributed by atoms with E-state index in [1.807, 2.05) is 25.1 Å². The van der Waals surface area contributed by atoms with E-state index in [9.17, 15) is 9.90 Å². The van der Waals surface area contributed by atoms with E-state index < -0.39 is 5.97 Å². The van der Waals surface area contributed by atoms with Crippen molar-refractivity contribution in [2.45, 2.75) is 32.6 Å². The van der Waals surface area contributed by atoms with Crippen LogP contribution in [0.1, 0.15) is 41.3 Å². The summed E-state index contributed by atoms with van der Waals surface area (Å²) in [4.78, 5) is 11.0. The Morgan fingerprint density at radius 1 is 1.00 bits per heavy atom. The van der Waals surface area contributed by atoms with Crippen LogP contribution in [0.5, 0.6) is 11.5 Å². The molecule has 2 aromatic carbocycles. The molecule has 2 N–H and O–H groups in total. The molecule has 2 rings (SSSR count). The molecule has 0 bridgehead atoms. The second-order valence-electron chi connectivity index (χ2n) is 5.37. The molecule has 0 fully saturated rings. The number of aromatic hydroxyl groups is 1. The molecular weight excluding hydrogens is 292 g/mol. The number of ether oxygens (including phenoxy) is 1. The lowest BCUT2D eigenvalue weighted by Crippen LogP contribution is -2.00. The molecule has 122 valence electrons. The minimum absolute atomic E-state index is 0.0378. The predicted molar refractivity (Wildman–Crippen MR) is 89.3 cm³/mol. The summed E-state index contributed by atoms with van der Waals surface area (Å²) in [6.07, 6.45) is 3.37. The smallest absolute Gasteiger partial charge is 0.339 e. The molecule has 0 atom stereocenters. The van der Waals surface area contributed by atoms with Crippen LogP contribution in [0, 0.1) is 0 Å². The number of benzene rings is 2. The van der Waals surface area contributed by atoms with Crippen molar-refractivity contribution in [3.05, 3.63) is 59.2 Å². The van der Waals surface area contributed by atoms with Gasteiger partial charge in [-0.25, -0.2) is 4.79 Å². The van der Waals surface area contributed by atoms with Gasteiger partial charge in [-0.15, -0.1) is 0 Å². The molecule has 0 radical (unpaired) electrons. The topological polar surface area (TPSA) is 66.8 Å². The zero-order valence-corrected chi connectivity index (χ0v) is 13.3. The van der Waals surface area contributed by atoms with Gasteiger partial charge in [0.1, 0.15) is 17.1 Å². The Morgan fingerprint density at radius 2 is 1.65 bits per heavy atom. The molecule has 2 aromatic rings. The van der Waals surface area contributed by atoms with Crippen molar-refractivity contribution >= 4 is 5.97 Å². The molecule has 0 spiro atoms. The molecule has 0 amide bonds. The highest BCUT2D eigenvalue weighted by atomic mass is 16.5. The van der Waals surface area contributed by atoms with Crippen LogP contribution in [0.4, 0.5) is 0 Å². The Bertz CT molecular complexity index is 664. The van der Waals surface area contributed by atoms with E-state index in [-0.39, 0.29) is 11.3 Å². The number of phenols is 1. The average molecular weight is 314 g/mol. The Hall–Kier alpha value is -2.49. The van der Waals surface area contributed by atoms with Crippen molar-refractivity contribution in [2.24, 2.45) is 0 Å². The second kappa shape index (κ2) is 8.22. The molecule has 23 heavy (non-hydrogen) atoms. The van der Waals surface area contributed by atoms with Crippen molar-refractivity contribution in [3.8, 4) is 11.5 Å². The molecule has 0 aliphatic rings. The number of hydrogen-bond donors (Lipinski definition) is 2. The van der Waals surface area contributed by atoms with Gasteiger partial charge in [-0.3, -0.25) is 0 Å². The third-order valence-electron chi connectivity index (χ3n) is 3.76. The molecule has 0 heterocycles. The first-order chi connectivity index (χ1) is 11.1. The summed E-state index contributed by atoms with van der Waals surface area (Å²) in [6, 6.07) is 12.9. The molecule has 0 unspecified atom stereocenters. The van der Waals surface area contributed by atoms with Crippen LogP contribution >= 0.6 is 0 Å². The van der Waals surface area contributed by atoms with Crippen molar-refractivity contribution < 1.29 is 19.7 Å². The number of rotatable bonds is 8. The van der Waals surface area contributed by atoms with Crippen LogP contribution in [0.25, 0.3) is 0 Å². The largest absolute Gasteiger partial charge is 0.507 e. The van der Waals surface area contributed by atoms with Gasteiger partial charge in [0.05, 0.1) is 6.61 Å². The van der Waals surface area contributed by atoms with Gasteiger partial charge in [0, 0.05) is 0 Å². The summed E-state index contributed by atoms with van der Waals surface area (Å²) < 4.78 is 5.61. The Labute approximate surface area is 136 Å². The molecule has 0 aliphatic carbocycles.